The highest BCUT2D eigenvalue weighted by Gasteiger charge is 2.61. The van der Waals surface area contributed by atoms with Crippen LogP contribution in [0.15, 0.2) is 11.6 Å². The van der Waals surface area contributed by atoms with Crippen LogP contribution in [-0.2, 0) is 19.1 Å². The van der Waals surface area contributed by atoms with E-state index < -0.39 is 0 Å². The van der Waals surface area contributed by atoms with Gasteiger partial charge in [0.2, 0.25) is 0 Å². The highest BCUT2D eigenvalue weighted by Crippen LogP contribution is 2.67. The molecular formula is C24H34O4. The van der Waals surface area contributed by atoms with E-state index in [0.29, 0.717) is 36.6 Å². The van der Waals surface area contributed by atoms with E-state index in [9.17, 15) is 14.4 Å². The summed E-state index contributed by atoms with van der Waals surface area (Å²) in [6, 6.07) is 0. The monoisotopic (exact) mass is 386 g/mol. The molecule has 0 heterocycles. The molecule has 0 saturated heterocycles. The number of hydrogen-bond donors (Lipinski definition) is 0. The van der Waals surface area contributed by atoms with E-state index in [1.807, 2.05) is 6.08 Å². The zero-order valence-corrected chi connectivity index (χ0v) is 17.8. The Kier molecular flexibility index (Phi) is 4.83. The lowest BCUT2D eigenvalue weighted by atomic mass is 9.44. The number of rotatable bonds is 3. The van der Waals surface area contributed by atoms with Crippen molar-refractivity contribution in [3.05, 3.63) is 11.6 Å². The van der Waals surface area contributed by atoms with Crippen molar-refractivity contribution < 1.29 is 19.1 Å². The molecule has 4 aliphatic carbocycles. The fourth-order valence-corrected chi connectivity index (χ4v) is 7.88. The van der Waals surface area contributed by atoms with Gasteiger partial charge in [0.05, 0.1) is 6.61 Å². The molecule has 0 aromatic heterocycles. The van der Waals surface area contributed by atoms with Crippen LogP contribution in [0.5, 0.6) is 0 Å². The van der Waals surface area contributed by atoms with Gasteiger partial charge in [-0.1, -0.05) is 19.4 Å². The molecule has 0 amide bonds. The molecule has 4 nitrogen and oxygen atoms in total. The zero-order valence-electron chi connectivity index (χ0n) is 17.8. The summed E-state index contributed by atoms with van der Waals surface area (Å²) < 4.78 is 5.42. The molecule has 154 valence electrons. The molecule has 3 fully saturated rings. The Morgan fingerprint density at radius 2 is 1.86 bits per heavy atom. The van der Waals surface area contributed by atoms with E-state index in [1.54, 1.807) is 6.92 Å². The Bertz CT molecular complexity index is 737. The molecule has 0 bridgehead atoms. The molecule has 0 aliphatic heterocycles. The van der Waals surface area contributed by atoms with E-state index >= 15 is 0 Å². The summed E-state index contributed by atoms with van der Waals surface area (Å²) >= 11 is 0. The maximum absolute atomic E-state index is 12.4. The molecule has 4 heteroatoms. The summed E-state index contributed by atoms with van der Waals surface area (Å²) in [6.07, 6.45) is 8.89. The first-order chi connectivity index (χ1) is 13.2. The SMILES string of the molecule is CC(=O)OCC1CC(=O)C=C2CC[C@H]3[C@@H]4CC[C@H](C(C)=O)[C@@]4(C)CC[C@@H]3[C@]21C. The second-order valence-electron chi connectivity index (χ2n) is 10.3. The summed E-state index contributed by atoms with van der Waals surface area (Å²) in [7, 11) is 0. The minimum Gasteiger partial charge on any atom is -0.466 e. The van der Waals surface area contributed by atoms with Crippen LogP contribution in [0.3, 0.4) is 0 Å². The molecule has 7 atom stereocenters. The maximum atomic E-state index is 12.4. The van der Waals surface area contributed by atoms with Gasteiger partial charge in [0, 0.05) is 25.2 Å². The largest absolute Gasteiger partial charge is 0.466 e. The average Bonchev–Trinajstić information content (AvgIpc) is 2.97. The van der Waals surface area contributed by atoms with Crippen LogP contribution in [0.25, 0.3) is 0 Å². The molecule has 3 saturated carbocycles. The Labute approximate surface area is 168 Å². The Balaban J connectivity index is 1.67. The number of carbonyl (C=O) groups is 3. The molecule has 0 aromatic rings. The standard InChI is InChI=1S/C24H34O4/c1-14(25)20-7-8-21-19-6-5-16-11-18(27)12-17(13-28-15(2)26)24(16,4)22(19)9-10-23(20,21)3/h11,17,19-22H,5-10,12-13H2,1-4H3/t17?,19-,20+,21-,22-,23+,24+/m0/s1. The van der Waals surface area contributed by atoms with Crippen LogP contribution < -0.4 is 0 Å². The van der Waals surface area contributed by atoms with Crippen LogP contribution in [-0.4, -0.2) is 24.1 Å². The van der Waals surface area contributed by atoms with Crippen molar-refractivity contribution in [1.29, 1.82) is 0 Å². The average molecular weight is 387 g/mol. The van der Waals surface area contributed by atoms with E-state index in [2.05, 4.69) is 13.8 Å². The third-order valence-electron chi connectivity index (χ3n) is 9.26. The number of esters is 1. The minimum absolute atomic E-state index is 0.0675. The van der Waals surface area contributed by atoms with Crippen molar-refractivity contribution in [1.82, 2.24) is 0 Å². The van der Waals surface area contributed by atoms with Crippen molar-refractivity contribution in [3.8, 4) is 0 Å². The summed E-state index contributed by atoms with van der Waals surface area (Å²) in [6.45, 7) is 8.25. The van der Waals surface area contributed by atoms with Gasteiger partial charge in [-0.3, -0.25) is 14.4 Å². The van der Waals surface area contributed by atoms with Crippen molar-refractivity contribution in [2.75, 3.05) is 6.61 Å². The minimum atomic E-state index is -0.268. The third kappa shape index (κ3) is 2.81. The van der Waals surface area contributed by atoms with Gasteiger partial charge in [-0.05, 0) is 80.1 Å². The van der Waals surface area contributed by atoms with Gasteiger partial charge in [-0.25, -0.2) is 0 Å². The number of carbonyl (C=O) groups excluding carboxylic acids is 3. The fourth-order valence-electron chi connectivity index (χ4n) is 7.88. The molecule has 1 unspecified atom stereocenters. The first-order valence-corrected chi connectivity index (χ1v) is 11.1. The predicted molar refractivity (Wildman–Crippen MR) is 106 cm³/mol. The van der Waals surface area contributed by atoms with Crippen molar-refractivity contribution in [2.45, 2.75) is 72.6 Å². The molecule has 0 aromatic carbocycles. The smallest absolute Gasteiger partial charge is 0.302 e. The lowest BCUT2D eigenvalue weighted by Crippen LogP contribution is -2.54. The Morgan fingerprint density at radius 3 is 2.54 bits per heavy atom. The molecule has 4 aliphatic rings. The van der Waals surface area contributed by atoms with E-state index in [0.717, 1.165) is 38.5 Å². The second-order valence-corrected chi connectivity index (χ2v) is 10.3. The first-order valence-electron chi connectivity index (χ1n) is 11.1. The summed E-state index contributed by atoms with van der Waals surface area (Å²) in [5.41, 5.74) is 1.36. The third-order valence-corrected chi connectivity index (χ3v) is 9.26. The van der Waals surface area contributed by atoms with Crippen LogP contribution in [0, 0.1) is 40.4 Å². The van der Waals surface area contributed by atoms with E-state index in [4.69, 9.17) is 4.74 Å². The van der Waals surface area contributed by atoms with Crippen molar-refractivity contribution >= 4 is 17.5 Å². The predicted octanol–water partition coefficient (Wildman–Crippen LogP) is 4.51. The molecule has 4 rings (SSSR count). The summed E-state index contributed by atoms with van der Waals surface area (Å²) in [5, 5.41) is 0. The molecular weight excluding hydrogens is 352 g/mol. The quantitative estimate of drug-likeness (QED) is 0.670. The highest BCUT2D eigenvalue weighted by molar-refractivity contribution is 5.92. The van der Waals surface area contributed by atoms with Crippen LogP contribution in [0.2, 0.25) is 0 Å². The fraction of sp³-hybridized carbons (Fsp3) is 0.792. The number of fused-ring (bicyclic) bond motifs is 5. The van der Waals surface area contributed by atoms with Gasteiger partial charge in [0.25, 0.3) is 0 Å². The molecule has 0 N–H and O–H groups in total. The van der Waals surface area contributed by atoms with Gasteiger partial charge in [-0.15, -0.1) is 0 Å². The second kappa shape index (κ2) is 6.81. The number of hydrogen-bond acceptors (Lipinski definition) is 4. The van der Waals surface area contributed by atoms with Crippen LogP contribution in [0.1, 0.15) is 72.6 Å². The van der Waals surface area contributed by atoms with Gasteiger partial charge in [0.15, 0.2) is 5.78 Å². The lowest BCUT2D eigenvalue weighted by Gasteiger charge is -2.60. The number of allylic oxidation sites excluding steroid dienone is 1. The number of ketones is 2. The summed E-state index contributed by atoms with van der Waals surface area (Å²) in [5.74, 6) is 2.30. The number of Topliss-reactive ketones (excluding diaryl/α,β-unsaturated/α-hetero) is 1. The Morgan fingerprint density at radius 1 is 1.11 bits per heavy atom. The lowest BCUT2D eigenvalue weighted by molar-refractivity contribution is -0.148. The molecule has 28 heavy (non-hydrogen) atoms. The summed E-state index contributed by atoms with van der Waals surface area (Å²) in [4.78, 5) is 36.1. The molecule has 0 radical (unpaired) electrons. The van der Waals surface area contributed by atoms with Crippen molar-refractivity contribution in [2.24, 2.45) is 40.4 Å². The van der Waals surface area contributed by atoms with Gasteiger partial charge in [-0.2, -0.15) is 0 Å². The number of ether oxygens (including phenoxy) is 1. The van der Waals surface area contributed by atoms with Crippen molar-refractivity contribution in [3.63, 3.8) is 0 Å². The normalized spacial score (nSPS) is 44.8. The van der Waals surface area contributed by atoms with E-state index in [-0.39, 0.29) is 34.4 Å². The zero-order chi connectivity index (χ0) is 20.3. The van der Waals surface area contributed by atoms with E-state index in [1.165, 1.54) is 12.5 Å². The van der Waals surface area contributed by atoms with Gasteiger partial charge >= 0.3 is 5.97 Å². The maximum Gasteiger partial charge on any atom is 0.302 e. The van der Waals surface area contributed by atoms with Crippen LogP contribution >= 0.6 is 0 Å². The Hall–Kier alpha value is -1.45. The van der Waals surface area contributed by atoms with Crippen LogP contribution in [0.4, 0.5) is 0 Å². The van der Waals surface area contributed by atoms with Gasteiger partial charge < -0.3 is 4.74 Å². The highest BCUT2D eigenvalue weighted by atomic mass is 16.5. The van der Waals surface area contributed by atoms with Gasteiger partial charge in [0.1, 0.15) is 5.78 Å². The first kappa shape index (κ1) is 19.8. The molecule has 0 spiro atoms. The topological polar surface area (TPSA) is 60.4 Å².